The van der Waals surface area contributed by atoms with Crippen molar-refractivity contribution in [2.24, 2.45) is 0 Å². The molecule has 0 atom stereocenters. The molecule has 0 aliphatic carbocycles. The van der Waals surface area contributed by atoms with Crippen LogP contribution in [-0.2, 0) is 4.79 Å². The van der Waals surface area contributed by atoms with Gasteiger partial charge >= 0.3 is 0 Å². The molecule has 58 valence electrons. The van der Waals surface area contributed by atoms with E-state index in [1.54, 1.807) is 11.9 Å². The van der Waals surface area contributed by atoms with Gasteiger partial charge in [0.2, 0.25) is 5.91 Å². The summed E-state index contributed by atoms with van der Waals surface area (Å²) in [5.74, 6) is 1.39. The third-order valence-corrected chi connectivity index (χ3v) is 2.77. The summed E-state index contributed by atoms with van der Waals surface area (Å²) < 4.78 is 1.89. The molecule has 2 nitrogen and oxygen atoms in total. The molecule has 0 N–H and O–H groups in total. The van der Waals surface area contributed by atoms with Crippen molar-refractivity contribution in [1.29, 1.82) is 0 Å². The van der Waals surface area contributed by atoms with E-state index in [0.29, 0.717) is 5.91 Å². The molecule has 1 heterocycles. The van der Waals surface area contributed by atoms with E-state index in [4.69, 9.17) is 0 Å². The van der Waals surface area contributed by atoms with Crippen molar-refractivity contribution >= 4 is 17.9 Å². The number of hydrogen-bond acceptors (Lipinski definition) is 2. The highest BCUT2D eigenvalue weighted by molar-refractivity contribution is 7.97. The molecular weight excluding hydrogens is 146 g/mol. The molecule has 1 fully saturated rings. The number of amides is 1. The van der Waals surface area contributed by atoms with Crippen LogP contribution in [0.4, 0.5) is 0 Å². The summed E-state index contributed by atoms with van der Waals surface area (Å²) in [6.07, 6.45) is 2.96. The molecule has 3 heteroatoms. The zero-order chi connectivity index (χ0) is 7.40. The first-order valence-corrected chi connectivity index (χ1v) is 4.72. The van der Waals surface area contributed by atoms with Gasteiger partial charge in [-0.15, -0.1) is 0 Å². The highest BCUT2D eigenvalue weighted by Gasteiger charge is 2.19. The van der Waals surface area contributed by atoms with E-state index in [-0.39, 0.29) is 0 Å². The molecule has 0 saturated carbocycles. The molecular formula is C7H13NOS. The topological polar surface area (TPSA) is 20.3 Å². The summed E-state index contributed by atoms with van der Waals surface area (Å²) in [4.78, 5) is 11.0. The van der Waals surface area contributed by atoms with Gasteiger partial charge in [-0.05, 0) is 24.8 Å². The Kier molecular flexibility index (Phi) is 3.06. The summed E-state index contributed by atoms with van der Waals surface area (Å²) in [7, 11) is 0. The Balaban J connectivity index is 2.20. The van der Waals surface area contributed by atoms with Crippen molar-refractivity contribution in [3.63, 3.8) is 0 Å². The number of carbonyl (C=O) groups excluding carboxylic acids is 1. The fraction of sp³-hybridized carbons (Fsp3) is 0.857. The van der Waals surface area contributed by atoms with Crippen LogP contribution in [0.2, 0.25) is 0 Å². The van der Waals surface area contributed by atoms with Crippen LogP contribution in [-0.4, -0.2) is 22.5 Å². The SMILES string of the molecule is CCCSN1CCCC1=O. The van der Waals surface area contributed by atoms with Crippen LogP contribution >= 0.6 is 11.9 Å². The van der Waals surface area contributed by atoms with E-state index in [0.717, 1.165) is 31.6 Å². The van der Waals surface area contributed by atoms with Gasteiger partial charge in [0.15, 0.2) is 0 Å². The Morgan fingerprint density at radius 2 is 2.50 bits per heavy atom. The predicted octanol–water partition coefficient (Wildman–Crippen LogP) is 1.67. The van der Waals surface area contributed by atoms with Gasteiger partial charge in [0, 0.05) is 18.7 Å². The Morgan fingerprint density at radius 1 is 1.70 bits per heavy atom. The standard InChI is InChI=1S/C7H13NOS/c1-2-6-10-8-5-3-4-7(8)9/h2-6H2,1H3. The summed E-state index contributed by atoms with van der Waals surface area (Å²) in [6, 6.07) is 0. The van der Waals surface area contributed by atoms with Gasteiger partial charge in [0.1, 0.15) is 0 Å². The lowest BCUT2D eigenvalue weighted by molar-refractivity contribution is -0.123. The van der Waals surface area contributed by atoms with Crippen LogP contribution in [0.3, 0.4) is 0 Å². The predicted molar refractivity (Wildman–Crippen MR) is 43.7 cm³/mol. The van der Waals surface area contributed by atoms with Crippen LogP contribution in [0.5, 0.6) is 0 Å². The Morgan fingerprint density at radius 3 is 3.00 bits per heavy atom. The number of nitrogens with zero attached hydrogens (tertiary/aromatic N) is 1. The number of rotatable bonds is 3. The number of carbonyl (C=O) groups is 1. The molecule has 0 bridgehead atoms. The number of hydrogen-bond donors (Lipinski definition) is 0. The zero-order valence-corrected chi connectivity index (χ0v) is 7.12. The van der Waals surface area contributed by atoms with E-state index in [9.17, 15) is 4.79 Å². The van der Waals surface area contributed by atoms with Gasteiger partial charge < -0.3 is 0 Å². The van der Waals surface area contributed by atoms with Crippen molar-refractivity contribution < 1.29 is 4.79 Å². The van der Waals surface area contributed by atoms with Crippen molar-refractivity contribution in [2.75, 3.05) is 12.3 Å². The van der Waals surface area contributed by atoms with Gasteiger partial charge in [-0.1, -0.05) is 6.92 Å². The highest BCUT2D eigenvalue weighted by Crippen LogP contribution is 2.19. The van der Waals surface area contributed by atoms with Gasteiger partial charge in [-0.3, -0.25) is 9.10 Å². The zero-order valence-electron chi connectivity index (χ0n) is 6.30. The van der Waals surface area contributed by atoms with Crippen molar-refractivity contribution in [2.45, 2.75) is 26.2 Å². The Hall–Kier alpha value is -0.180. The van der Waals surface area contributed by atoms with Gasteiger partial charge in [-0.25, -0.2) is 0 Å². The summed E-state index contributed by atoms with van der Waals surface area (Å²) in [5, 5.41) is 0. The highest BCUT2D eigenvalue weighted by atomic mass is 32.2. The molecule has 10 heavy (non-hydrogen) atoms. The monoisotopic (exact) mass is 159 g/mol. The fourth-order valence-electron chi connectivity index (χ4n) is 0.961. The lowest BCUT2D eigenvalue weighted by Crippen LogP contribution is -2.16. The molecule has 0 aromatic rings. The maximum atomic E-state index is 11.0. The van der Waals surface area contributed by atoms with E-state index in [1.807, 2.05) is 4.31 Å². The van der Waals surface area contributed by atoms with Crippen LogP contribution in [0, 0.1) is 0 Å². The van der Waals surface area contributed by atoms with E-state index in [2.05, 4.69) is 6.92 Å². The second-order valence-corrected chi connectivity index (χ2v) is 3.54. The molecule has 1 amide bonds. The van der Waals surface area contributed by atoms with Crippen molar-refractivity contribution in [3.05, 3.63) is 0 Å². The molecule has 0 aromatic carbocycles. The minimum atomic E-state index is 0.318. The second kappa shape index (κ2) is 3.86. The largest absolute Gasteiger partial charge is 0.286 e. The normalized spacial score (nSPS) is 18.5. The Labute approximate surface area is 66.1 Å². The Bertz CT molecular complexity index is 127. The van der Waals surface area contributed by atoms with Gasteiger partial charge in [0.25, 0.3) is 0 Å². The van der Waals surface area contributed by atoms with Crippen LogP contribution in [0.15, 0.2) is 0 Å². The van der Waals surface area contributed by atoms with E-state index in [1.165, 1.54) is 0 Å². The molecule has 1 rings (SSSR count). The minimum absolute atomic E-state index is 0.318. The average Bonchev–Trinajstić information content (AvgIpc) is 2.31. The molecule has 0 aromatic heterocycles. The molecule has 1 aliphatic heterocycles. The quantitative estimate of drug-likeness (QED) is 0.584. The van der Waals surface area contributed by atoms with Gasteiger partial charge in [0.05, 0.1) is 0 Å². The lowest BCUT2D eigenvalue weighted by Gasteiger charge is -2.12. The third kappa shape index (κ3) is 1.90. The summed E-state index contributed by atoms with van der Waals surface area (Å²) in [5.41, 5.74) is 0. The van der Waals surface area contributed by atoms with Crippen LogP contribution < -0.4 is 0 Å². The first-order valence-electron chi connectivity index (χ1n) is 3.78. The first kappa shape index (κ1) is 7.92. The maximum absolute atomic E-state index is 11.0. The van der Waals surface area contributed by atoms with Crippen LogP contribution in [0.1, 0.15) is 26.2 Å². The molecule has 1 aliphatic rings. The lowest BCUT2D eigenvalue weighted by atomic mass is 10.4. The maximum Gasteiger partial charge on any atom is 0.232 e. The molecule has 0 radical (unpaired) electrons. The second-order valence-electron chi connectivity index (χ2n) is 2.43. The molecule has 0 unspecified atom stereocenters. The summed E-state index contributed by atoms with van der Waals surface area (Å²) in [6.45, 7) is 3.09. The van der Waals surface area contributed by atoms with Gasteiger partial charge in [-0.2, -0.15) is 0 Å². The fourth-order valence-corrected chi connectivity index (χ4v) is 1.86. The van der Waals surface area contributed by atoms with E-state index < -0.39 is 0 Å². The van der Waals surface area contributed by atoms with Crippen molar-refractivity contribution in [1.82, 2.24) is 4.31 Å². The first-order chi connectivity index (χ1) is 4.84. The average molecular weight is 159 g/mol. The molecule has 0 spiro atoms. The third-order valence-electron chi connectivity index (χ3n) is 1.48. The van der Waals surface area contributed by atoms with Crippen molar-refractivity contribution in [3.8, 4) is 0 Å². The summed E-state index contributed by atoms with van der Waals surface area (Å²) >= 11 is 1.68. The minimum Gasteiger partial charge on any atom is -0.286 e. The van der Waals surface area contributed by atoms with Crippen LogP contribution in [0.25, 0.3) is 0 Å². The van der Waals surface area contributed by atoms with E-state index >= 15 is 0 Å². The smallest absolute Gasteiger partial charge is 0.232 e. The molecule has 1 saturated heterocycles.